The van der Waals surface area contributed by atoms with E-state index in [4.69, 9.17) is 33.4 Å². The summed E-state index contributed by atoms with van der Waals surface area (Å²) in [6.07, 6.45) is 0. The zero-order chi connectivity index (χ0) is 11.6. The Morgan fingerprint density at radius 3 is 1.43 bits per heavy atom. The van der Waals surface area contributed by atoms with Crippen molar-refractivity contribution in [2.45, 2.75) is 6.04 Å². The molecule has 0 aromatic rings. The van der Waals surface area contributed by atoms with Gasteiger partial charge in [0.1, 0.15) is 0 Å². The number of rotatable bonds is 5. The van der Waals surface area contributed by atoms with Crippen LogP contribution < -0.4 is 5.73 Å². The molecule has 0 unspecified atom stereocenters. The fourth-order valence-corrected chi connectivity index (χ4v) is 1.45. The monoisotopic (exact) mass is 245 g/mol. The van der Waals surface area contributed by atoms with E-state index in [-0.39, 0.29) is 12.6 Å². The summed E-state index contributed by atoms with van der Waals surface area (Å²) in [5.41, 5.74) is 4.87. The van der Waals surface area contributed by atoms with Gasteiger partial charge in [-0.05, 0) is 6.54 Å². The minimum absolute atomic E-state index is 0.0764. The average molecular weight is 245 g/mol. The summed E-state index contributed by atoms with van der Waals surface area (Å²) in [6.45, 7) is 0.121. The van der Waals surface area contributed by atoms with Gasteiger partial charge in [-0.3, -0.25) is 0 Å². The smallest absolute Gasteiger partial charge is 0.390 e. The van der Waals surface area contributed by atoms with Crippen LogP contribution in [-0.2, 0) is 13.3 Å². The Morgan fingerprint density at radius 1 is 1.07 bits per heavy atom. The molecular weight excluding hydrogens is 226 g/mol. The zero-order valence-electron chi connectivity index (χ0n) is 8.64. The normalized spacial score (nSPS) is 11.1. The van der Waals surface area contributed by atoms with Gasteiger partial charge in [0.2, 0.25) is 0 Å². The van der Waals surface area contributed by atoms with Gasteiger partial charge in [0.05, 0.1) is 0 Å². The van der Waals surface area contributed by atoms with Crippen molar-refractivity contribution in [3.63, 3.8) is 0 Å². The molecule has 0 radical (unpaired) electrons. The molecule has 0 spiro atoms. The van der Waals surface area contributed by atoms with E-state index in [2.05, 4.69) is 0 Å². The standard InChI is InChI=1S/C3H10O3Si.C2H9NO3Si/c1-4-7(5-2)6-3;3-1-2-7(4,5)6/h7H,1-3H3;4-6H,1-3H2. The molecule has 0 aliphatic rings. The third-order valence-electron chi connectivity index (χ3n) is 1.06. The third kappa shape index (κ3) is 14.7. The Labute approximate surface area is 86.4 Å². The highest BCUT2D eigenvalue weighted by Gasteiger charge is 2.24. The van der Waals surface area contributed by atoms with Crippen molar-refractivity contribution in [1.82, 2.24) is 0 Å². The van der Waals surface area contributed by atoms with Crippen molar-refractivity contribution in [1.29, 1.82) is 0 Å². The lowest BCUT2D eigenvalue weighted by Crippen LogP contribution is -2.36. The predicted molar refractivity (Wildman–Crippen MR) is 54.4 cm³/mol. The molecule has 9 heteroatoms. The Hall–Kier alpha value is 0.154. The molecule has 0 bridgehead atoms. The van der Waals surface area contributed by atoms with Crippen molar-refractivity contribution in [2.75, 3.05) is 27.9 Å². The van der Waals surface area contributed by atoms with E-state index in [1.807, 2.05) is 0 Å². The second-order valence-electron chi connectivity index (χ2n) is 2.31. The van der Waals surface area contributed by atoms with Crippen LogP contribution in [0, 0.1) is 0 Å². The van der Waals surface area contributed by atoms with Crippen LogP contribution >= 0.6 is 0 Å². The maximum Gasteiger partial charge on any atom is 0.494 e. The largest absolute Gasteiger partial charge is 0.494 e. The summed E-state index contributed by atoms with van der Waals surface area (Å²) < 4.78 is 14.2. The zero-order valence-corrected chi connectivity index (χ0v) is 10.8. The molecule has 0 atom stereocenters. The number of hydrogen-bond donors (Lipinski definition) is 4. The summed E-state index contributed by atoms with van der Waals surface area (Å²) >= 11 is 0. The molecule has 0 aromatic heterocycles. The predicted octanol–water partition coefficient (Wildman–Crippen LogP) is -2.50. The molecule has 5 N–H and O–H groups in total. The lowest BCUT2D eigenvalue weighted by atomic mass is 10.8. The first kappa shape index (κ1) is 16.6. The second kappa shape index (κ2) is 9.70. The third-order valence-corrected chi connectivity index (χ3v) is 3.17. The van der Waals surface area contributed by atoms with Gasteiger partial charge in [0.15, 0.2) is 0 Å². The van der Waals surface area contributed by atoms with E-state index < -0.39 is 18.3 Å². The summed E-state index contributed by atoms with van der Waals surface area (Å²) in [5, 5.41) is 0. The number of nitrogens with two attached hydrogens (primary N) is 1. The molecule has 0 rings (SSSR count). The van der Waals surface area contributed by atoms with Crippen LogP contribution in [0.3, 0.4) is 0 Å². The van der Waals surface area contributed by atoms with Gasteiger partial charge < -0.3 is 33.4 Å². The first-order chi connectivity index (χ1) is 6.41. The summed E-state index contributed by atoms with van der Waals surface area (Å²) in [6, 6.07) is -0.0764. The number of hydrogen-bond acceptors (Lipinski definition) is 7. The van der Waals surface area contributed by atoms with Crippen LogP contribution in [0.2, 0.25) is 6.04 Å². The van der Waals surface area contributed by atoms with E-state index in [1.54, 1.807) is 21.3 Å². The quantitative estimate of drug-likeness (QED) is 0.396. The minimum Gasteiger partial charge on any atom is -0.390 e. The van der Waals surface area contributed by atoms with E-state index in [1.165, 1.54) is 0 Å². The Balaban J connectivity index is 0. The van der Waals surface area contributed by atoms with Crippen LogP contribution in [0.1, 0.15) is 0 Å². The van der Waals surface area contributed by atoms with E-state index in [9.17, 15) is 0 Å². The molecule has 88 valence electrons. The minimum atomic E-state index is -3.78. The van der Waals surface area contributed by atoms with Gasteiger partial charge in [-0.25, -0.2) is 0 Å². The fraction of sp³-hybridized carbons (Fsp3) is 1.00. The first-order valence-electron chi connectivity index (χ1n) is 3.86. The SMILES string of the molecule is CO[SiH](OC)OC.NCC[Si](O)(O)O. The van der Waals surface area contributed by atoms with Gasteiger partial charge in [-0.15, -0.1) is 0 Å². The van der Waals surface area contributed by atoms with E-state index >= 15 is 0 Å². The summed E-state index contributed by atoms with van der Waals surface area (Å²) in [7, 11) is -0.734. The molecule has 0 heterocycles. The fourth-order valence-electron chi connectivity index (χ4n) is 0.482. The topological polar surface area (TPSA) is 114 Å². The molecule has 7 nitrogen and oxygen atoms in total. The molecule has 0 amide bonds. The van der Waals surface area contributed by atoms with Crippen LogP contribution in [0.25, 0.3) is 0 Å². The van der Waals surface area contributed by atoms with Gasteiger partial charge in [-0.2, -0.15) is 0 Å². The average Bonchev–Trinajstić information content (AvgIpc) is 2.06. The Kier molecular flexibility index (Phi) is 11.5. The molecular formula is C5H19NO6Si2. The maximum absolute atomic E-state index is 8.19. The van der Waals surface area contributed by atoms with E-state index in [0.717, 1.165) is 0 Å². The van der Waals surface area contributed by atoms with Gasteiger partial charge in [-0.1, -0.05) is 0 Å². The Morgan fingerprint density at radius 2 is 1.43 bits per heavy atom. The van der Waals surface area contributed by atoms with Crippen molar-refractivity contribution in [3.8, 4) is 0 Å². The van der Waals surface area contributed by atoms with Crippen LogP contribution in [0.15, 0.2) is 0 Å². The van der Waals surface area contributed by atoms with Gasteiger partial charge in [0, 0.05) is 27.4 Å². The van der Waals surface area contributed by atoms with Crippen molar-refractivity contribution >= 4 is 18.3 Å². The van der Waals surface area contributed by atoms with Crippen molar-refractivity contribution < 1.29 is 27.7 Å². The highest BCUT2D eigenvalue weighted by atomic mass is 28.4. The molecule has 0 aliphatic heterocycles. The molecule has 0 fully saturated rings. The highest BCUT2D eigenvalue weighted by molar-refractivity contribution is 6.56. The highest BCUT2D eigenvalue weighted by Crippen LogP contribution is 1.90. The van der Waals surface area contributed by atoms with Crippen LogP contribution in [0.5, 0.6) is 0 Å². The van der Waals surface area contributed by atoms with E-state index in [0.29, 0.717) is 0 Å². The lowest BCUT2D eigenvalue weighted by Gasteiger charge is -2.05. The molecule has 0 saturated carbocycles. The molecule has 0 aliphatic carbocycles. The molecule has 14 heavy (non-hydrogen) atoms. The maximum atomic E-state index is 8.19. The molecule has 0 saturated heterocycles. The summed E-state index contributed by atoms with van der Waals surface area (Å²) in [5.74, 6) is 0. The molecule has 0 aromatic carbocycles. The van der Waals surface area contributed by atoms with Gasteiger partial charge in [0.25, 0.3) is 0 Å². The first-order valence-corrected chi connectivity index (χ1v) is 7.33. The van der Waals surface area contributed by atoms with Crippen molar-refractivity contribution in [3.05, 3.63) is 0 Å². The van der Waals surface area contributed by atoms with Crippen LogP contribution in [0.4, 0.5) is 0 Å². The second-order valence-corrected chi connectivity index (χ2v) is 6.35. The van der Waals surface area contributed by atoms with Gasteiger partial charge >= 0.3 is 18.3 Å². The van der Waals surface area contributed by atoms with Crippen LogP contribution in [-0.4, -0.2) is 60.6 Å². The Bertz CT molecular complexity index is 112. The summed E-state index contributed by atoms with van der Waals surface area (Å²) in [4.78, 5) is 24.6. The lowest BCUT2D eigenvalue weighted by molar-refractivity contribution is 0.163. The van der Waals surface area contributed by atoms with Crippen molar-refractivity contribution in [2.24, 2.45) is 5.73 Å².